The van der Waals surface area contributed by atoms with E-state index in [0.717, 1.165) is 18.2 Å². The molecule has 0 bridgehead atoms. The molecule has 1 aromatic rings. The number of carbonyl (C=O) groups excluding carboxylic acids is 1. The molecular weight excluding hydrogens is 361 g/mol. The van der Waals surface area contributed by atoms with Crippen LogP contribution in [0.3, 0.4) is 0 Å². The molecule has 0 radical (unpaired) electrons. The van der Waals surface area contributed by atoms with Gasteiger partial charge in [-0.1, -0.05) is 0 Å². The first-order chi connectivity index (χ1) is 11.1. The molecule has 10 heteroatoms. The van der Waals surface area contributed by atoms with Crippen LogP contribution in [0.1, 0.15) is 5.56 Å². The van der Waals surface area contributed by atoms with Crippen LogP contribution in [0.5, 0.6) is 0 Å². The Bertz CT molecular complexity index is 850. The van der Waals surface area contributed by atoms with Gasteiger partial charge in [0.05, 0.1) is 35.3 Å². The molecule has 134 valence electrons. The molecule has 2 rings (SSSR count). The molecule has 1 fully saturated rings. The van der Waals surface area contributed by atoms with Crippen LogP contribution in [0.4, 0.5) is 4.39 Å². The number of ether oxygens (including phenoxy) is 1. The van der Waals surface area contributed by atoms with Crippen LogP contribution in [-0.4, -0.2) is 59.3 Å². The molecule has 24 heavy (non-hydrogen) atoms. The second-order valence-electron chi connectivity index (χ2n) is 5.63. The maximum atomic E-state index is 13.2. The van der Waals surface area contributed by atoms with Crippen molar-refractivity contribution < 1.29 is 30.8 Å². The topological polar surface area (TPSA) is 107 Å². The number of esters is 1. The lowest BCUT2D eigenvalue weighted by Crippen LogP contribution is -2.45. The number of halogens is 1. The molecular formula is C14H18FNO6S2. The van der Waals surface area contributed by atoms with Gasteiger partial charge in [0.25, 0.3) is 0 Å². The van der Waals surface area contributed by atoms with Crippen molar-refractivity contribution in [3.8, 4) is 0 Å². The number of sulfone groups is 2. The summed E-state index contributed by atoms with van der Waals surface area (Å²) in [6.07, 6.45) is 0. The van der Waals surface area contributed by atoms with Gasteiger partial charge in [-0.2, -0.15) is 0 Å². The van der Waals surface area contributed by atoms with Gasteiger partial charge in [0.1, 0.15) is 5.82 Å². The van der Waals surface area contributed by atoms with Gasteiger partial charge in [-0.05, 0) is 30.7 Å². The summed E-state index contributed by atoms with van der Waals surface area (Å²) in [5.41, 5.74) is 0.200. The quantitative estimate of drug-likeness (QED) is 0.559. The van der Waals surface area contributed by atoms with Gasteiger partial charge >= 0.3 is 5.97 Å². The number of hydrogen-bond acceptors (Lipinski definition) is 7. The highest BCUT2D eigenvalue weighted by molar-refractivity contribution is 7.96. The SMILES string of the molecule is COC(=O)CN[C@H]1CS(=O)(=O)C[C@@H]1S(=O)(=O)c1ccc(F)cc1C. The molecule has 0 unspecified atom stereocenters. The molecule has 0 saturated carbocycles. The Morgan fingerprint density at radius 3 is 2.62 bits per heavy atom. The fraction of sp³-hybridized carbons (Fsp3) is 0.500. The minimum absolute atomic E-state index is 0.115. The number of aryl methyl sites for hydroxylation is 1. The van der Waals surface area contributed by atoms with E-state index in [1.165, 1.54) is 14.0 Å². The van der Waals surface area contributed by atoms with E-state index in [2.05, 4.69) is 10.1 Å². The minimum atomic E-state index is -4.02. The lowest BCUT2D eigenvalue weighted by molar-refractivity contribution is -0.139. The second kappa shape index (κ2) is 6.77. The minimum Gasteiger partial charge on any atom is -0.468 e. The summed E-state index contributed by atoms with van der Waals surface area (Å²) in [5, 5.41) is 1.38. The maximum absolute atomic E-state index is 13.2. The zero-order valence-corrected chi connectivity index (χ0v) is 14.8. The molecule has 1 heterocycles. The van der Waals surface area contributed by atoms with E-state index in [0.29, 0.717) is 0 Å². The summed E-state index contributed by atoms with van der Waals surface area (Å²) in [5.74, 6) is -2.15. The van der Waals surface area contributed by atoms with Gasteiger partial charge in [0.15, 0.2) is 19.7 Å². The van der Waals surface area contributed by atoms with Crippen molar-refractivity contribution in [1.82, 2.24) is 5.32 Å². The van der Waals surface area contributed by atoms with Crippen molar-refractivity contribution in [2.24, 2.45) is 0 Å². The molecule has 1 aliphatic heterocycles. The smallest absolute Gasteiger partial charge is 0.319 e. The Balaban J connectivity index is 2.36. The highest BCUT2D eigenvalue weighted by atomic mass is 32.2. The summed E-state index contributed by atoms with van der Waals surface area (Å²) in [4.78, 5) is 11.1. The summed E-state index contributed by atoms with van der Waals surface area (Å²) < 4.78 is 67.1. The number of carbonyl (C=O) groups is 1. The van der Waals surface area contributed by atoms with Crippen LogP contribution in [0.25, 0.3) is 0 Å². The third-order valence-corrected chi connectivity index (χ3v) is 8.19. The molecule has 0 aromatic heterocycles. The van der Waals surface area contributed by atoms with Crippen LogP contribution in [0, 0.1) is 12.7 Å². The number of methoxy groups -OCH3 is 1. The van der Waals surface area contributed by atoms with E-state index in [9.17, 15) is 26.0 Å². The number of rotatable bonds is 5. The fourth-order valence-electron chi connectivity index (χ4n) is 2.69. The molecule has 1 N–H and O–H groups in total. The van der Waals surface area contributed by atoms with Gasteiger partial charge in [-0.25, -0.2) is 21.2 Å². The van der Waals surface area contributed by atoms with Crippen molar-refractivity contribution in [2.75, 3.05) is 25.2 Å². The third kappa shape index (κ3) is 3.93. The number of hydrogen-bond donors (Lipinski definition) is 1. The second-order valence-corrected chi connectivity index (χ2v) is 9.92. The summed E-state index contributed by atoms with van der Waals surface area (Å²) >= 11 is 0. The van der Waals surface area contributed by atoms with E-state index < -0.39 is 54.3 Å². The maximum Gasteiger partial charge on any atom is 0.319 e. The molecule has 0 amide bonds. The predicted octanol–water partition coefficient (Wildman–Crippen LogP) is -0.164. The molecule has 1 saturated heterocycles. The Morgan fingerprint density at radius 1 is 1.38 bits per heavy atom. The largest absolute Gasteiger partial charge is 0.468 e. The summed E-state index contributed by atoms with van der Waals surface area (Å²) in [7, 11) is -6.43. The van der Waals surface area contributed by atoms with Gasteiger partial charge in [0, 0.05) is 6.04 Å². The third-order valence-electron chi connectivity index (χ3n) is 3.88. The van der Waals surface area contributed by atoms with Crippen molar-refractivity contribution in [1.29, 1.82) is 0 Å². The Hall–Kier alpha value is -1.52. The first-order valence-electron chi connectivity index (χ1n) is 7.07. The molecule has 0 spiro atoms. The van der Waals surface area contributed by atoms with Crippen LogP contribution in [0.2, 0.25) is 0 Å². The first kappa shape index (κ1) is 18.8. The van der Waals surface area contributed by atoms with Gasteiger partial charge < -0.3 is 10.1 Å². The van der Waals surface area contributed by atoms with Crippen molar-refractivity contribution in [2.45, 2.75) is 23.1 Å². The zero-order valence-electron chi connectivity index (χ0n) is 13.2. The van der Waals surface area contributed by atoms with E-state index >= 15 is 0 Å². The standard InChI is InChI=1S/C14H18FNO6S2/c1-9-5-10(15)3-4-12(9)24(20,21)13-8-23(18,19)7-11(13)16-6-14(17)22-2/h3-5,11,13,16H,6-8H2,1-2H3/t11-,13-/m0/s1. The van der Waals surface area contributed by atoms with Crippen LogP contribution < -0.4 is 5.32 Å². The van der Waals surface area contributed by atoms with Gasteiger partial charge in [-0.15, -0.1) is 0 Å². The number of nitrogens with one attached hydrogen (secondary N) is 1. The Kier molecular flexibility index (Phi) is 5.31. The lowest BCUT2D eigenvalue weighted by atomic mass is 10.2. The van der Waals surface area contributed by atoms with Crippen molar-refractivity contribution >= 4 is 25.6 Å². The first-order valence-corrected chi connectivity index (χ1v) is 10.4. The van der Waals surface area contributed by atoms with E-state index in [4.69, 9.17) is 0 Å². The highest BCUT2D eigenvalue weighted by Gasteiger charge is 2.46. The monoisotopic (exact) mass is 379 g/mol. The predicted molar refractivity (Wildman–Crippen MR) is 84.6 cm³/mol. The van der Waals surface area contributed by atoms with Crippen molar-refractivity contribution in [3.63, 3.8) is 0 Å². The summed E-state index contributed by atoms with van der Waals surface area (Å²) in [6.45, 7) is 1.14. The van der Waals surface area contributed by atoms with Crippen LogP contribution >= 0.6 is 0 Å². The van der Waals surface area contributed by atoms with Crippen LogP contribution in [-0.2, 0) is 29.2 Å². The normalized spacial score (nSPS) is 23.1. The molecule has 1 aliphatic rings. The molecule has 0 aliphatic carbocycles. The van der Waals surface area contributed by atoms with Crippen molar-refractivity contribution in [3.05, 3.63) is 29.6 Å². The zero-order chi connectivity index (χ0) is 18.1. The molecule has 2 atom stereocenters. The fourth-order valence-corrected chi connectivity index (χ4v) is 7.64. The van der Waals surface area contributed by atoms with Gasteiger partial charge in [-0.3, -0.25) is 4.79 Å². The van der Waals surface area contributed by atoms with Crippen LogP contribution in [0.15, 0.2) is 23.1 Å². The average Bonchev–Trinajstić information content (AvgIpc) is 2.80. The lowest BCUT2D eigenvalue weighted by Gasteiger charge is -2.20. The Labute approximate surface area is 140 Å². The number of benzene rings is 1. The highest BCUT2D eigenvalue weighted by Crippen LogP contribution is 2.28. The molecule has 1 aromatic carbocycles. The van der Waals surface area contributed by atoms with E-state index in [1.54, 1.807) is 0 Å². The average molecular weight is 379 g/mol. The summed E-state index contributed by atoms with van der Waals surface area (Å²) in [6, 6.07) is 2.28. The van der Waals surface area contributed by atoms with Gasteiger partial charge in [0.2, 0.25) is 0 Å². The molecule has 7 nitrogen and oxygen atoms in total. The Morgan fingerprint density at radius 2 is 2.04 bits per heavy atom. The van der Waals surface area contributed by atoms with E-state index in [1.807, 2.05) is 0 Å². The van der Waals surface area contributed by atoms with E-state index in [-0.39, 0.29) is 17.0 Å².